The van der Waals surface area contributed by atoms with Gasteiger partial charge in [-0.3, -0.25) is 0 Å². The van der Waals surface area contributed by atoms with E-state index in [0.717, 1.165) is 36.5 Å². The zero-order chi connectivity index (χ0) is 19.2. The predicted octanol–water partition coefficient (Wildman–Crippen LogP) is 7.06. The SMILES string of the molecule is CCC=CC[C@@H](C)[C@H]1CC[C@H]2C3=C(CC[C@]12C)[C@@]1(C)CC[C@@H](O)C[C@@H]1CC3. The van der Waals surface area contributed by atoms with Crippen molar-refractivity contribution in [3.8, 4) is 0 Å². The van der Waals surface area contributed by atoms with Gasteiger partial charge in [0, 0.05) is 0 Å². The molecule has 0 unspecified atom stereocenters. The normalized spacial score (nSPS) is 45.5. The van der Waals surface area contributed by atoms with E-state index in [1.165, 1.54) is 57.8 Å². The Bertz CT molecular complexity index is 616. The van der Waals surface area contributed by atoms with Gasteiger partial charge in [0.2, 0.25) is 0 Å². The zero-order valence-corrected chi connectivity index (χ0v) is 18.3. The van der Waals surface area contributed by atoms with E-state index in [0.29, 0.717) is 10.8 Å². The minimum atomic E-state index is -0.0352. The van der Waals surface area contributed by atoms with Gasteiger partial charge in [0.15, 0.2) is 0 Å². The third-order valence-corrected chi connectivity index (χ3v) is 9.63. The van der Waals surface area contributed by atoms with Crippen molar-refractivity contribution in [2.75, 3.05) is 0 Å². The maximum atomic E-state index is 10.2. The predicted molar refractivity (Wildman–Crippen MR) is 114 cm³/mol. The van der Waals surface area contributed by atoms with E-state index in [9.17, 15) is 5.11 Å². The first-order chi connectivity index (χ1) is 12.9. The highest BCUT2D eigenvalue weighted by atomic mass is 16.3. The fourth-order valence-electron chi connectivity index (χ4n) is 8.06. The molecule has 4 aliphatic rings. The van der Waals surface area contributed by atoms with Crippen LogP contribution in [0.25, 0.3) is 0 Å². The van der Waals surface area contributed by atoms with E-state index in [4.69, 9.17) is 0 Å². The van der Waals surface area contributed by atoms with Gasteiger partial charge in [0.25, 0.3) is 0 Å². The second-order valence-corrected chi connectivity index (χ2v) is 10.9. The number of aliphatic hydroxyl groups excluding tert-OH is 1. The van der Waals surface area contributed by atoms with Gasteiger partial charge in [-0.1, -0.05) is 51.0 Å². The summed E-state index contributed by atoms with van der Waals surface area (Å²) in [5.74, 6) is 3.31. The molecule has 0 bridgehead atoms. The lowest BCUT2D eigenvalue weighted by Gasteiger charge is -2.55. The number of fused-ring (bicyclic) bond motifs is 4. The summed E-state index contributed by atoms with van der Waals surface area (Å²) >= 11 is 0. The molecule has 0 heterocycles. The van der Waals surface area contributed by atoms with Crippen LogP contribution >= 0.6 is 0 Å². The Morgan fingerprint density at radius 1 is 1.07 bits per heavy atom. The van der Waals surface area contributed by atoms with E-state index in [1.807, 2.05) is 11.1 Å². The number of aliphatic hydroxyl groups is 1. The smallest absolute Gasteiger partial charge is 0.0543 e. The van der Waals surface area contributed by atoms with Crippen LogP contribution in [0.15, 0.2) is 23.3 Å². The molecule has 4 aliphatic carbocycles. The average molecular weight is 371 g/mol. The van der Waals surface area contributed by atoms with Crippen molar-refractivity contribution in [2.45, 2.75) is 104 Å². The quantitative estimate of drug-likeness (QED) is 0.525. The summed E-state index contributed by atoms with van der Waals surface area (Å²) in [6.45, 7) is 9.97. The van der Waals surface area contributed by atoms with Gasteiger partial charge in [-0.25, -0.2) is 0 Å². The zero-order valence-electron chi connectivity index (χ0n) is 18.3. The average Bonchev–Trinajstić information content (AvgIpc) is 3.00. The monoisotopic (exact) mass is 370 g/mol. The molecule has 2 saturated carbocycles. The van der Waals surface area contributed by atoms with Gasteiger partial charge in [0.1, 0.15) is 0 Å². The van der Waals surface area contributed by atoms with Crippen LogP contribution in [0.5, 0.6) is 0 Å². The molecule has 0 aliphatic heterocycles. The number of rotatable bonds is 4. The van der Waals surface area contributed by atoms with Crippen molar-refractivity contribution in [1.29, 1.82) is 0 Å². The number of allylic oxidation sites excluding steroid dienone is 4. The Morgan fingerprint density at radius 2 is 1.89 bits per heavy atom. The van der Waals surface area contributed by atoms with Crippen LogP contribution in [0.1, 0.15) is 98.3 Å². The van der Waals surface area contributed by atoms with Crippen LogP contribution in [0.4, 0.5) is 0 Å². The highest BCUT2D eigenvalue weighted by Crippen LogP contribution is 2.65. The second kappa shape index (κ2) is 7.36. The van der Waals surface area contributed by atoms with Crippen LogP contribution in [0, 0.1) is 34.5 Å². The van der Waals surface area contributed by atoms with Gasteiger partial charge in [-0.2, -0.15) is 0 Å². The molecule has 27 heavy (non-hydrogen) atoms. The molecule has 0 aromatic rings. The maximum absolute atomic E-state index is 10.2. The van der Waals surface area contributed by atoms with Gasteiger partial charge in [0.05, 0.1) is 6.10 Å². The van der Waals surface area contributed by atoms with Crippen LogP contribution in [-0.2, 0) is 0 Å². The van der Waals surface area contributed by atoms with Gasteiger partial charge in [-0.15, -0.1) is 0 Å². The van der Waals surface area contributed by atoms with Crippen molar-refractivity contribution in [2.24, 2.45) is 34.5 Å². The molecule has 0 amide bonds. The first-order valence-corrected chi connectivity index (χ1v) is 12.0. The molecule has 2 fully saturated rings. The lowest BCUT2D eigenvalue weighted by atomic mass is 9.50. The minimum absolute atomic E-state index is 0.0352. The van der Waals surface area contributed by atoms with Crippen LogP contribution in [-0.4, -0.2) is 11.2 Å². The standard InChI is InChI=1S/C26H42O/c1-5-6-7-8-18(2)22-11-12-23-21-10-9-19-17-20(27)13-15-25(19,3)24(21)14-16-26(22,23)4/h6-7,18-20,22-23,27H,5,8-17H2,1-4H3/t18-,19+,20-,22-,23+,25+,26-/m1/s1. The Hall–Kier alpha value is -0.560. The largest absolute Gasteiger partial charge is 0.393 e. The summed E-state index contributed by atoms with van der Waals surface area (Å²) in [4.78, 5) is 0. The van der Waals surface area contributed by atoms with Gasteiger partial charge in [-0.05, 0) is 105 Å². The Kier molecular flexibility index (Phi) is 5.38. The molecule has 7 atom stereocenters. The minimum Gasteiger partial charge on any atom is -0.393 e. The van der Waals surface area contributed by atoms with Crippen LogP contribution < -0.4 is 0 Å². The van der Waals surface area contributed by atoms with Crippen molar-refractivity contribution in [3.05, 3.63) is 23.3 Å². The second-order valence-electron chi connectivity index (χ2n) is 10.9. The summed E-state index contributed by atoms with van der Waals surface area (Å²) in [7, 11) is 0. The van der Waals surface area contributed by atoms with E-state index in [-0.39, 0.29) is 6.10 Å². The Morgan fingerprint density at radius 3 is 2.67 bits per heavy atom. The molecule has 0 aromatic carbocycles. The third kappa shape index (κ3) is 3.17. The molecule has 0 radical (unpaired) electrons. The fraction of sp³-hybridized carbons (Fsp3) is 0.846. The summed E-state index contributed by atoms with van der Waals surface area (Å²) in [6.07, 6.45) is 18.8. The lowest BCUT2D eigenvalue weighted by Crippen LogP contribution is -2.45. The maximum Gasteiger partial charge on any atom is 0.0543 e. The molecule has 1 nitrogen and oxygen atoms in total. The summed E-state index contributed by atoms with van der Waals surface area (Å²) in [5.41, 5.74) is 4.71. The topological polar surface area (TPSA) is 20.2 Å². The molecule has 4 rings (SSSR count). The Balaban J connectivity index is 1.58. The number of hydrogen-bond donors (Lipinski definition) is 1. The van der Waals surface area contributed by atoms with Crippen molar-refractivity contribution in [3.63, 3.8) is 0 Å². The molecule has 1 N–H and O–H groups in total. The van der Waals surface area contributed by atoms with Gasteiger partial charge < -0.3 is 5.11 Å². The number of hydrogen-bond acceptors (Lipinski definition) is 1. The van der Waals surface area contributed by atoms with E-state index < -0.39 is 0 Å². The molecular formula is C26H42O. The molecule has 0 saturated heterocycles. The Labute approximate surface area is 167 Å². The van der Waals surface area contributed by atoms with Gasteiger partial charge >= 0.3 is 0 Å². The van der Waals surface area contributed by atoms with Crippen LogP contribution in [0.3, 0.4) is 0 Å². The van der Waals surface area contributed by atoms with E-state index >= 15 is 0 Å². The summed E-state index contributed by atoms with van der Waals surface area (Å²) in [6, 6.07) is 0. The highest BCUT2D eigenvalue weighted by Gasteiger charge is 2.55. The molecule has 152 valence electrons. The molecule has 1 heteroatoms. The van der Waals surface area contributed by atoms with Crippen molar-refractivity contribution in [1.82, 2.24) is 0 Å². The molecular weight excluding hydrogens is 328 g/mol. The first kappa shape index (κ1) is 19.7. The van der Waals surface area contributed by atoms with Crippen molar-refractivity contribution < 1.29 is 5.11 Å². The summed E-state index contributed by atoms with van der Waals surface area (Å²) < 4.78 is 0. The van der Waals surface area contributed by atoms with Crippen LogP contribution in [0.2, 0.25) is 0 Å². The lowest BCUT2D eigenvalue weighted by molar-refractivity contribution is 0.0136. The third-order valence-electron chi connectivity index (χ3n) is 9.63. The fourth-order valence-corrected chi connectivity index (χ4v) is 8.06. The molecule has 0 aromatic heterocycles. The highest BCUT2D eigenvalue weighted by molar-refractivity contribution is 5.34. The molecule has 0 spiro atoms. The van der Waals surface area contributed by atoms with Crippen molar-refractivity contribution >= 4 is 0 Å². The van der Waals surface area contributed by atoms with E-state index in [2.05, 4.69) is 39.8 Å². The first-order valence-electron chi connectivity index (χ1n) is 12.0. The summed E-state index contributed by atoms with van der Waals surface area (Å²) in [5, 5.41) is 10.2. The van der Waals surface area contributed by atoms with E-state index in [1.54, 1.807) is 0 Å².